The predicted molar refractivity (Wildman–Crippen MR) is 132 cm³/mol. The van der Waals surface area contributed by atoms with E-state index in [1.807, 2.05) is 62.5 Å². The fourth-order valence-electron chi connectivity index (χ4n) is 3.66. The van der Waals surface area contributed by atoms with E-state index in [2.05, 4.69) is 15.4 Å². The van der Waals surface area contributed by atoms with E-state index < -0.39 is 0 Å². The molecular formula is C26H25ClN4O3. The van der Waals surface area contributed by atoms with Gasteiger partial charge in [0.2, 0.25) is 0 Å². The van der Waals surface area contributed by atoms with Crippen molar-refractivity contribution in [1.29, 1.82) is 0 Å². The van der Waals surface area contributed by atoms with E-state index in [0.29, 0.717) is 34.4 Å². The lowest BCUT2D eigenvalue weighted by Crippen LogP contribution is -2.25. The number of carbonyl (C=O) groups excluding carboxylic acids is 1. The third-order valence-corrected chi connectivity index (χ3v) is 5.53. The van der Waals surface area contributed by atoms with Gasteiger partial charge < -0.3 is 14.8 Å². The summed E-state index contributed by atoms with van der Waals surface area (Å²) in [6, 6.07) is 13.1. The van der Waals surface area contributed by atoms with Gasteiger partial charge in [-0.3, -0.25) is 4.79 Å². The Bertz CT molecular complexity index is 1330. The molecule has 0 radical (unpaired) electrons. The SMILES string of the molecule is COc1ccc(CNC(=O)c2cc(-c3cc(C)cc(Cl)c3)cnc2-n2cc(C)cn2)cc1OC. The summed E-state index contributed by atoms with van der Waals surface area (Å²) in [7, 11) is 3.16. The highest BCUT2D eigenvalue weighted by molar-refractivity contribution is 6.31. The van der Waals surface area contributed by atoms with Crippen molar-refractivity contribution >= 4 is 17.5 Å². The fourth-order valence-corrected chi connectivity index (χ4v) is 3.95. The monoisotopic (exact) mass is 476 g/mol. The van der Waals surface area contributed by atoms with Crippen LogP contribution < -0.4 is 14.8 Å². The van der Waals surface area contributed by atoms with Crippen molar-refractivity contribution < 1.29 is 14.3 Å². The van der Waals surface area contributed by atoms with Crippen LogP contribution in [0.4, 0.5) is 0 Å². The molecule has 8 heteroatoms. The molecule has 0 atom stereocenters. The number of nitrogens with zero attached hydrogens (tertiary/aromatic N) is 3. The van der Waals surface area contributed by atoms with Crippen molar-refractivity contribution in [1.82, 2.24) is 20.1 Å². The van der Waals surface area contributed by atoms with Crippen molar-refractivity contribution in [2.75, 3.05) is 14.2 Å². The standard InChI is InChI=1S/C26H25ClN4O3/c1-16-7-19(10-21(27)8-16)20-11-22(25(28-14-20)31-15-17(2)12-30-31)26(32)29-13-18-5-6-23(33-3)24(9-18)34-4/h5-12,14-15H,13H2,1-4H3,(H,29,32). The van der Waals surface area contributed by atoms with Crippen LogP contribution in [-0.4, -0.2) is 34.9 Å². The number of ether oxygens (including phenoxy) is 2. The van der Waals surface area contributed by atoms with E-state index in [9.17, 15) is 4.79 Å². The number of pyridine rings is 1. The molecule has 174 valence electrons. The molecule has 0 saturated carbocycles. The zero-order valence-electron chi connectivity index (χ0n) is 19.4. The summed E-state index contributed by atoms with van der Waals surface area (Å²) in [4.78, 5) is 17.9. The highest BCUT2D eigenvalue weighted by Gasteiger charge is 2.17. The fraction of sp³-hybridized carbons (Fsp3) is 0.192. The van der Waals surface area contributed by atoms with Crippen LogP contribution in [0.3, 0.4) is 0 Å². The van der Waals surface area contributed by atoms with Crippen LogP contribution in [-0.2, 0) is 6.54 Å². The first kappa shape index (κ1) is 23.3. The third kappa shape index (κ3) is 5.05. The second-order valence-corrected chi connectivity index (χ2v) is 8.38. The number of methoxy groups -OCH3 is 2. The zero-order valence-corrected chi connectivity index (χ0v) is 20.2. The Kier molecular flexibility index (Phi) is 6.84. The average Bonchev–Trinajstić information content (AvgIpc) is 3.27. The molecule has 2 aromatic heterocycles. The molecular weight excluding hydrogens is 452 g/mol. The maximum absolute atomic E-state index is 13.3. The van der Waals surface area contributed by atoms with Crippen LogP contribution in [0.2, 0.25) is 5.02 Å². The molecule has 0 bridgehead atoms. The second-order valence-electron chi connectivity index (χ2n) is 7.95. The Balaban J connectivity index is 1.68. The molecule has 0 fully saturated rings. The summed E-state index contributed by atoms with van der Waals surface area (Å²) in [5.74, 6) is 1.40. The van der Waals surface area contributed by atoms with Crippen LogP contribution in [0.5, 0.6) is 11.5 Å². The van der Waals surface area contributed by atoms with Gasteiger partial charge in [-0.15, -0.1) is 0 Å². The van der Waals surface area contributed by atoms with E-state index >= 15 is 0 Å². The van der Waals surface area contributed by atoms with Crippen LogP contribution in [0.15, 0.2) is 61.1 Å². The number of aryl methyl sites for hydroxylation is 2. The summed E-state index contributed by atoms with van der Waals surface area (Å²) in [5.41, 5.74) is 4.93. The van der Waals surface area contributed by atoms with Gasteiger partial charge in [0.25, 0.3) is 5.91 Å². The summed E-state index contributed by atoms with van der Waals surface area (Å²) < 4.78 is 12.3. The van der Waals surface area contributed by atoms with Gasteiger partial charge >= 0.3 is 0 Å². The van der Waals surface area contributed by atoms with Crippen molar-refractivity contribution in [2.45, 2.75) is 20.4 Å². The van der Waals surface area contributed by atoms with Gasteiger partial charge in [0.15, 0.2) is 17.3 Å². The molecule has 2 heterocycles. The summed E-state index contributed by atoms with van der Waals surface area (Å²) in [6.07, 6.45) is 5.28. The molecule has 1 N–H and O–H groups in total. The number of hydrogen-bond acceptors (Lipinski definition) is 5. The number of amides is 1. The smallest absolute Gasteiger partial charge is 0.255 e. The molecule has 7 nitrogen and oxygen atoms in total. The van der Waals surface area contributed by atoms with Crippen molar-refractivity contribution in [3.8, 4) is 28.4 Å². The molecule has 0 aliphatic carbocycles. The predicted octanol–water partition coefficient (Wildman–Crippen LogP) is 5.15. The number of carbonyl (C=O) groups is 1. The van der Waals surface area contributed by atoms with E-state index in [4.69, 9.17) is 21.1 Å². The molecule has 0 aliphatic heterocycles. The van der Waals surface area contributed by atoms with Crippen LogP contribution in [0.25, 0.3) is 16.9 Å². The number of rotatable bonds is 7. The van der Waals surface area contributed by atoms with Crippen LogP contribution in [0.1, 0.15) is 27.0 Å². The third-order valence-electron chi connectivity index (χ3n) is 5.32. The largest absolute Gasteiger partial charge is 0.493 e. The number of halogens is 1. The molecule has 0 saturated heterocycles. The van der Waals surface area contributed by atoms with E-state index in [-0.39, 0.29) is 5.91 Å². The Hall–Kier alpha value is -3.84. The van der Waals surface area contributed by atoms with Crippen molar-refractivity contribution in [2.24, 2.45) is 0 Å². The van der Waals surface area contributed by atoms with Gasteiger partial charge in [-0.05, 0) is 66.4 Å². The van der Waals surface area contributed by atoms with E-state index in [1.165, 1.54) is 0 Å². The van der Waals surface area contributed by atoms with E-state index in [1.54, 1.807) is 31.3 Å². The van der Waals surface area contributed by atoms with Gasteiger partial charge in [0, 0.05) is 29.5 Å². The van der Waals surface area contributed by atoms with Crippen LogP contribution in [0, 0.1) is 13.8 Å². The minimum Gasteiger partial charge on any atom is -0.493 e. The highest BCUT2D eigenvalue weighted by Crippen LogP contribution is 2.28. The molecule has 4 rings (SSSR count). The Morgan fingerprint density at radius 3 is 2.44 bits per heavy atom. The van der Waals surface area contributed by atoms with Gasteiger partial charge in [0.1, 0.15) is 0 Å². The first-order valence-electron chi connectivity index (χ1n) is 10.7. The van der Waals surface area contributed by atoms with Gasteiger partial charge in [-0.2, -0.15) is 5.10 Å². The second kappa shape index (κ2) is 9.97. The minimum atomic E-state index is -0.272. The Labute approximate surface area is 203 Å². The lowest BCUT2D eigenvalue weighted by Gasteiger charge is -2.13. The lowest BCUT2D eigenvalue weighted by molar-refractivity contribution is 0.0950. The number of benzene rings is 2. The first-order chi connectivity index (χ1) is 16.4. The summed E-state index contributed by atoms with van der Waals surface area (Å²) >= 11 is 6.26. The summed E-state index contributed by atoms with van der Waals surface area (Å²) in [5, 5.41) is 7.95. The molecule has 4 aromatic rings. The molecule has 0 aliphatic rings. The lowest BCUT2D eigenvalue weighted by atomic mass is 10.0. The molecule has 34 heavy (non-hydrogen) atoms. The van der Waals surface area contributed by atoms with Gasteiger partial charge in [-0.1, -0.05) is 23.7 Å². The topological polar surface area (TPSA) is 78.3 Å². The first-order valence-corrected chi connectivity index (χ1v) is 11.0. The molecule has 1 amide bonds. The van der Waals surface area contributed by atoms with Crippen LogP contribution >= 0.6 is 11.6 Å². The molecule has 2 aromatic carbocycles. The maximum Gasteiger partial charge on any atom is 0.255 e. The van der Waals surface area contributed by atoms with E-state index in [0.717, 1.165) is 27.8 Å². The zero-order chi connectivity index (χ0) is 24.2. The Morgan fingerprint density at radius 2 is 1.76 bits per heavy atom. The average molecular weight is 477 g/mol. The number of aromatic nitrogens is 3. The minimum absolute atomic E-state index is 0.272. The molecule has 0 unspecified atom stereocenters. The molecule has 0 spiro atoms. The van der Waals surface area contributed by atoms with Crippen molar-refractivity contribution in [3.05, 3.63) is 88.3 Å². The quantitative estimate of drug-likeness (QED) is 0.399. The summed E-state index contributed by atoms with van der Waals surface area (Å²) in [6.45, 7) is 4.21. The van der Waals surface area contributed by atoms with Gasteiger partial charge in [-0.25, -0.2) is 9.67 Å². The van der Waals surface area contributed by atoms with Gasteiger partial charge in [0.05, 0.1) is 26.0 Å². The normalized spacial score (nSPS) is 10.7. The van der Waals surface area contributed by atoms with Crippen molar-refractivity contribution in [3.63, 3.8) is 0 Å². The maximum atomic E-state index is 13.3. The Morgan fingerprint density at radius 1 is 0.971 bits per heavy atom. The number of hydrogen-bond donors (Lipinski definition) is 1. The number of nitrogens with one attached hydrogen (secondary N) is 1. The highest BCUT2D eigenvalue weighted by atomic mass is 35.5.